The van der Waals surface area contributed by atoms with Crippen LogP contribution in [0.1, 0.15) is 70.2 Å². The van der Waals surface area contributed by atoms with E-state index in [1.165, 1.54) is 12.5 Å². The topological polar surface area (TPSA) is 115 Å². The smallest absolute Gasteiger partial charge is 0.410 e. The van der Waals surface area contributed by atoms with Crippen molar-refractivity contribution < 1.29 is 9.53 Å². The molecule has 1 saturated carbocycles. The van der Waals surface area contributed by atoms with E-state index in [0.717, 1.165) is 43.5 Å². The first-order chi connectivity index (χ1) is 17.2. The summed E-state index contributed by atoms with van der Waals surface area (Å²) in [5.74, 6) is 0.418. The predicted molar refractivity (Wildman–Crippen MR) is 148 cm³/mol. The van der Waals surface area contributed by atoms with Crippen LogP contribution in [0.4, 0.5) is 10.6 Å². The summed E-state index contributed by atoms with van der Waals surface area (Å²) in [5.41, 5.74) is 8.81. The van der Waals surface area contributed by atoms with Gasteiger partial charge in [-0.15, -0.1) is 0 Å². The zero-order chi connectivity index (χ0) is 27.2. The van der Waals surface area contributed by atoms with Crippen LogP contribution in [0.5, 0.6) is 0 Å². The van der Waals surface area contributed by atoms with Gasteiger partial charge >= 0.3 is 6.09 Å². The fraction of sp³-hybridized carbons (Fsp3) is 0.704. The van der Waals surface area contributed by atoms with E-state index in [1.54, 1.807) is 0 Å². The maximum atomic E-state index is 12.5. The van der Waals surface area contributed by atoms with Gasteiger partial charge in [-0.3, -0.25) is 4.68 Å². The minimum atomic E-state index is -1.03. The van der Waals surface area contributed by atoms with Gasteiger partial charge in [0.2, 0.25) is 0 Å². The summed E-state index contributed by atoms with van der Waals surface area (Å²) in [5, 5.41) is 19.5. The number of carbonyl (C=O) groups excluding carboxylic acids is 1. The quantitative estimate of drug-likeness (QED) is 0.372. The van der Waals surface area contributed by atoms with E-state index < -0.39 is 13.7 Å². The van der Waals surface area contributed by atoms with Gasteiger partial charge in [0.1, 0.15) is 28.7 Å². The molecular weight excluding hydrogens is 482 g/mol. The molecule has 0 aromatic carbocycles. The fourth-order valence-electron chi connectivity index (χ4n) is 5.68. The molecule has 2 aliphatic rings. The van der Waals surface area contributed by atoms with Crippen LogP contribution < -0.4 is 5.73 Å². The van der Waals surface area contributed by atoms with Crippen molar-refractivity contribution in [2.75, 3.05) is 18.8 Å². The van der Waals surface area contributed by atoms with E-state index in [1.807, 2.05) is 48.2 Å². The van der Waals surface area contributed by atoms with Crippen molar-refractivity contribution in [2.45, 2.75) is 104 Å². The van der Waals surface area contributed by atoms with Crippen LogP contribution in [0.25, 0.3) is 11.3 Å². The van der Waals surface area contributed by atoms with Crippen LogP contribution in [0.3, 0.4) is 0 Å². The summed E-state index contributed by atoms with van der Waals surface area (Å²) in [6, 6.07) is 3.72. The van der Waals surface area contributed by atoms with E-state index in [-0.39, 0.29) is 17.6 Å². The third-order valence-corrected chi connectivity index (χ3v) is 9.45. The summed E-state index contributed by atoms with van der Waals surface area (Å²) in [4.78, 5) is 14.3. The number of anilines is 1. The molecule has 1 aliphatic carbocycles. The van der Waals surface area contributed by atoms with E-state index in [4.69, 9.17) is 20.7 Å². The molecule has 1 aliphatic heterocycles. The maximum Gasteiger partial charge on any atom is 0.410 e. The first kappa shape index (κ1) is 27.2. The molecule has 2 fully saturated rings. The number of aryl methyl sites for hydroxylation is 2. The Hall–Kier alpha value is -2.80. The molecule has 2 aromatic rings. The number of hydrogen-bond acceptors (Lipinski definition) is 6. The monoisotopic (exact) mass is 525 g/mol. The van der Waals surface area contributed by atoms with Gasteiger partial charge in [0.15, 0.2) is 0 Å². The van der Waals surface area contributed by atoms with E-state index in [2.05, 4.69) is 25.7 Å². The molecule has 2 aromatic heterocycles. The Balaban J connectivity index is 1.43. The predicted octanol–water partition coefficient (Wildman–Crippen LogP) is 5.59. The summed E-state index contributed by atoms with van der Waals surface area (Å²) >= 11 is 0. The highest BCUT2D eigenvalue weighted by Crippen LogP contribution is 2.55. The number of nitriles is 1. The van der Waals surface area contributed by atoms with Crippen molar-refractivity contribution in [3.63, 3.8) is 0 Å². The second-order valence-electron chi connectivity index (χ2n) is 13.3. The summed E-state index contributed by atoms with van der Waals surface area (Å²) in [6.07, 6.45) is 6.80. The molecule has 0 bridgehead atoms. The van der Waals surface area contributed by atoms with Crippen LogP contribution in [0, 0.1) is 23.7 Å². The number of unbranched alkanes of at least 4 members (excludes halogenated alkanes) is 1. The number of ether oxygens (including phenoxy) is 1. The number of amides is 1. The molecule has 4 rings (SSSR count). The second kappa shape index (κ2) is 9.82. The Morgan fingerprint density at radius 2 is 1.97 bits per heavy atom. The Labute approximate surface area is 222 Å². The van der Waals surface area contributed by atoms with Gasteiger partial charge in [-0.25, -0.2) is 9.48 Å². The van der Waals surface area contributed by atoms with Crippen LogP contribution in [-0.4, -0.2) is 57.3 Å². The first-order valence-electron chi connectivity index (χ1n) is 13.5. The van der Waals surface area contributed by atoms with E-state index in [9.17, 15) is 10.1 Å². The Bertz CT molecular complexity index is 1190. The minimum Gasteiger partial charge on any atom is -0.444 e. The lowest BCUT2D eigenvalue weighted by Gasteiger charge is -2.45. The van der Waals surface area contributed by atoms with Crippen LogP contribution in [-0.2, 0) is 11.3 Å². The average Bonchev–Trinajstić information content (AvgIpc) is 3.43. The van der Waals surface area contributed by atoms with Gasteiger partial charge in [0.05, 0.1) is 11.7 Å². The van der Waals surface area contributed by atoms with Gasteiger partial charge in [-0.1, -0.05) is 32.1 Å². The zero-order valence-corrected chi connectivity index (χ0v) is 24.6. The van der Waals surface area contributed by atoms with Crippen molar-refractivity contribution in [1.82, 2.24) is 24.5 Å². The SMILES string of the molecule is Cc1nn(CCCC[Si](C)(C)C)cc1-c1nn([C@H]2C[C@@]3(CCN(C(=O)OC(C)(C)C)C3)C2)c(N)c1C#N. The molecule has 3 heterocycles. The zero-order valence-electron chi connectivity index (χ0n) is 23.6. The number of aromatic nitrogens is 4. The lowest BCUT2D eigenvalue weighted by Crippen LogP contribution is -2.43. The van der Waals surface area contributed by atoms with Crippen molar-refractivity contribution in [3.8, 4) is 17.3 Å². The number of nitrogen functional groups attached to an aromatic ring is 1. The third kappa shape index (κ3) is 6.03. The Kier molecular flexibility index (Phi) is 7.23. The largest absolute Gasteiger partial charge is 0.444 e. The number of nitrogens with zero attached hydrogens (tertiary/aromatic N) is 6. The normalized spacial score (nSPS) is 21.8. The summed E-state index contributed by atoms with van der Waals surface area (Å²) < 4.78 is 9.38. The number of rotatable bonds is 7. The van der Waals surface area contributed by atoms with Gasteiger partial charge in [-0.2, -0.15) is 15.5 Å². The van der Waals surface area contributed by atoms with Crippen molar-refractivity contribution >= 4 is 20.0 Å². The molecule has 0 unspecified atom stereocenters. The summed E-state index contributed by atoms with van der Waals surface area (Å²) in [7, 11) is -1.03. The second-order valence-corrected chi connectivity index (χ2v) is 18.9. The molecule has 9 nitrogen and oxygen atoms in total. The molecule has 1 amide bonds. The Morgan fingerprint density at radius 1 is 1.27 bits per heavy atom. The van der Waals surface area contributed by atoms with Gasteiger partial charge in [-0.05, 0) is 58.8 Å². The third-order valence-electron chi connectivity index (χ3n) is 7.60. The number of carbonyl (C=O) groups is 1. The average molecular weight is 526 g/mol. The molecule has 202 valence electrons. The minimum absolute atomic E-state index is 0.0731. The number of nitrogens with two attached hydrogens (primary N) is 1. The molecule has 1 saturated heterocycles. The fourth-order valence-corrected chi connectivity index (χ4v) is 6.99. The van der Waals surface area contributed by atoms with Crippen LogP contribution >= 0.6 is 0 Å². The lowest BCUT2D eigenvalue weighted by atomic mass is 9.65. The molecule has 2 N–H and O–H groups in total. The maximum absolute atomic E-state index is 12.5. The highest BCUT2D eigenvalue weighted by Gasteiger charge is 2.51. The first-order valence-corrected chi connectivity index (χ1v) is 17.2. The van der Waals surface area contributed by atoms with Crippen molar-refractivity contribution in [1.29, 1.82) is 5.26 Å². The summed E-state index contributed by atoms with van der Waals surface area (Å²) in [6.45, 7) is 17.1. The number of likely N-dealkylation sites (tertiary alicyclic amines) is 1. The van der Waals surface area contributed by atoms with E-state index in [0.29, 0.717) is 30.2 Å². The highest BCUT2D eigenvalue weighted by molar-refractivity contribution is 6.76. The van der Waals surface area contributed by atoms with Gasteiger partial charge < -0.3 is 15.4 Å². The van der Waals surface area contributed by atoms with Crippen molar-refractivity contribution in [2.24, 2.45) is 5.41 Å². The van der Waals surface area contributed by atoms with Gasteiger partial charge in [0.25, 0.3) is 0 Å². The van der Waals surface area contributed by atoms with Crippen LogP contribution in [0.15, 0.2) is 6.20 Å². The Morgan fingerprint density at radius 3 is 2.59 bits per heavy atom. The number of hydrogen-bond donors (Lipinski definition) is 1. The van der Waals surface area contributed by atoms with Crippen LogP contribution in [0.2, 0.25) is 25.7 Å². The van der Waals surface area contributed by atoms with Crippen molar-refractivity contribution in [3.05, 3.63) is 17.5 Å². The molecule has 1 spiro atoms. The van der Waals surface area contributed by atoms with E-state index >= 15 is 0 Å². The molecular formula is C27H43N7O2Si. The molecule has 0 atom stereocenters. The lowest BCUT2D eigenvalue weighted by molar-refractivity contribution is 0.0188. The molecule has 0 radical (unpaired) electrons. The standard InChI is InChI=1S/C27H43N7O2Si/c1-19-22(17-33(30-19)11-8-9-13-37(5,6)7)23-21(16-28)24(29)34(31-23)20-14-27(15-20)10-12-32(18-27)25(35)36-26(2,3)4/h17,20H,8-15,18,29H2,1-7H3/t20-,27-. The molecule has 10 heteroatoms. The van der Waals surface area contributed by atoms with Gasteiger partial charge in [0, 0.05) is 39.5 Å². The molecule has 37 heavy (non-hydrogen) atoms. The highest BCUT2D eigenvalue weighted by atomic mass is 28.3.